The second-order valence-corrected chi connectivity index (χ2v) is 6.25. The minimum Gasteiger partial charge on any atom is -0.324 e. The Morgan fingerprint density at radius 3 is 2.90 bits per heavy atom. The number of hydrogen-bond acceptors (Lipinski definition) is 3. The summed E-state index contributed by atoms with van der Waals surface area (Å²) >= 11 is 3.48. The van der Waals surface area contributed by atoms with E-state index in [1.165, 1.54) is 12.0 Å². The number of halogens is 2. The van der Waals surface area contributed by atoms with Gasteiger partial charge in [0.2, 0.25) is 5.91 Å². The maximum Gasteiger partial charge on any atom is 0.238 e. The molecule has 6 heteroatoms. The van der Waals surface area contributed by atoms with Crippen molar-refractivity contribution in [2.24, 2.45) is 0 Å². The van der Waals surface area contributed by atoms with Gasteiger partial charge in [0.15, 0.2) is 0 Å². The van der Waals surface area contributed by atoms with E-state index in [0.717, 1.165) is 29.7 Å². The fourth-order valence-corrected chi connectivity index (χ4v) is 3.14. The number of likely N-dealkylation sites (tertiary alicyclic amines) is 1. The molecule has 1 aromatic rings. The standard InChI is InChI=1S/C15H22BrN3O.ClH/c1-11-5-6-14(13(16)8-11)18-15(20)10-19-7-3-4-12(9-19)17-2;/h5-6,8,12,17H,3-4,7,9-10H2,1-2H3,(H,18,20);1H. The SMILES string of the molecule is CNC1CCCN(CC(=O)Nc2ccc(C)cc2Br)C1.Cl. The number of piperidine rings is 1. The highest BCUT2D eigenvalue weighted by atomic mass is 79.9. The van der Waals surface area contributed by atoms with E-state index in [-0.39, 0.29) is 18.3 Å². The van der Waals surface area contributed by atoms with Crippen LogP contribution in [-0.4, -0.2) is 43.5 Å². The molecular weight excluding hydrogens is 354 g/mol. The first-order valence-electron chi connectivity index (χ1n) is 7.04. The Morgan fingerprint density at radius 1 is 1.48 bits per heavy atom. The van der Waals surface area contributed by atoms with E-state index >= 15 is 0 Å². The number of benzene rings is 1. The van der Waals surface area contributed by atoms with Crippen molar-refractivity contribution in [2.75, 3.05) is 32.0 Å². The molecule has 1 aliphatic heterocycles. The van der Waals surface area contributed by atoms with Gasteiger partial charge in [0.25, 0.3) is 0 Å². The molecule has 1 aliphatic rings. The van der Waals surface area contributed by atoms with Crippen molar-refractivity contribution in [1.29, 1.82) is 0 Å². The fraction of sp³-hybridized carbons (Fsp3) is 0.533. The summed E-state index contributed by atoms with van der Waals surface area (Å²) in [6.07, 6.45) is 2.34. The van der Waals surface area contributed by atoms with Crippen LogP contribution in [0.2, 0.25) is 0 Å². The van der Waals surface area contributed by atoms with Crippen molar-refractivity contribution in [3.05, 3.63) is 28.2 Å². The van der Waals surface area contributed by atoms with Crippen molar-refractivity contribution in [3.8, 4) is 0 Å². The van der Waals surface area contributed by atoms with Gasteiger partial charge in [-0.3, -0.25) is 9.69 Å². The van der Waals surface area contributed by atoms with Gasteiger partial charge in [0.1, 0.15) is 0 Å². The second kappa shape index (κ2) is 8.73. The lowest BCUT2D eigenvalue weighted by Crippen LogP contribution is -2.46. The molecule has 1 aromatic carbocycles. The van der Waals surface area contributed by atoms with Gasteiger partial charge >= 0.3 is 0 Å². The lowest BCUT2D eigenvalue weighted by atomic mass is 10.1. The number of rotatable bonds is 4. The van der Waals surface area contributed by atoms with Gasteiger partial charge in [0.05, 0.1) is 12.2 Å². The Balaban J connectivity index is 0.00000220. The number of likely N-dealkylation sites (N-methyl/N-ethyl adjacent to an activating group) is 1. The third-order valence-electron chi connectivity index (χ3n) is 3.68. The summed E-state index contributed by atoms with van der Waals surface area (Å²) in [6.45, 7) is 4.43. The predicted octanol–water partition coefficient (Wildman–Crippen LogP) is 2.80. The van der Waals surface area contributed by atoms with Crippen LogP contribution in [0.15, 0.2) is 22.7 Å². The summed E-state index contributed by atoms with van der Waals surface area (Å²) < 4.78 is 0.928. The highest BCUT2D eigenvalue weighted by Gasteiger charge is 2.20. The van der Waals surface area contributed by atoms with E-state index in [0.29, 0.717) is 12.6 Å². The molecule has 0 saturated carbocycles. The van der Waals surface area contributed by atoms with Gasteiger partial charge in [-0.25, -0.2) is 0 Å². The van der Waals surface area contributed by atoms with Crippen LogP contribution in [0.1, 0.15) is 18.4 Å². The summed E-state index contributed by atoms with van der Waals surface area (Å²) in [5, 5.41) is 6.26. The van der Waals surface area contributed by atoms with Gasteiger partial charge in [0, 0.05) is 17.1 Å². The maximum absolute atomic E-state index is 12.1. The van der Waals surface area contributed by atoms with Crippen LogP contribution in [0.25, 0.3) is 0 Å². The van der Waals surface area contributed by atoms with Crippen LogP contribution in [0.3, 0.4) is 0 Å². The van der Waals surface area contributed by atoms with Crippen molar-refractivity contribution in [3.63, 3.8) is 0 Å². The molecule has 1 saturated heterocycles. The first-order chi connectivity index (χ1) is 9.58. The molecular formula is C15H23BrClN3O. The average molecular weight is 377 g/mol. The van der Waals surface area contributed by atoms with E-state index in [1.54, 1.807) is 0 Å². The first kappa shape index (κ1) is 18.4. The topological polar surface area (TPSA) is 44.4 Å². The molecule has 21 heavy (non-hydrogen) atoms. The number of hydrogen-bond donors (Lipinski definition) is 2. The largest absolute Gasteiger partial charge is 0.324 e. The number of anilines is 1. The molecule has 2 rings (SSSR count). The Bertz CT molecular complexity index is 484. The molecule has 4 nitrogen and oxygen atoms in total. The molecule has 118 valence electrons. The van der Waals surface area contributed by atoms with Crippen molar-refractivity contribution >= 4 is 39.9 Å². The van der Waals surface area contributed by atoms with Gasteiger partial charge in [-0.2, -0.15) is 0 Å². The van der Waals surface area contributed by atoms with Crippen LogP contribution in [0.4, 0.5) is 5.69 Å². The first-order valence-corrected chi connectivity index (χ1v) is 7.83. The van der Waals surface area contributed by atoms with E-state index in [4.69, 9.17) is 0 Å². The van der Waals surface area contributed by atoms with Gasteiger partial charge in [-0.1, -0.05) is 6.07 Å². The van der Waals surface area contributed by atoms with E-state index in [2.05, 4.69) is 31.5 Å². The third kappa shape index (κ3) is 5.58. The molecule has 0 bridgehead atoms. The zero-order chi connectivity index (χ0) is 14.5. The highest BCUT2D eigenvalue weighted by molar-refractivity contribution is 9.10. The zero-order valence-corrected chi connectivity index (χ0v) is 14.9. The number of amides is 1. The zero-order valence-electron chi connectivity index (χ0n) is 12.5. The molecule has 1 atom stereocenters. The normalized spacial score (nSPS) is 18.9. The monoisotopic (exact) mass is 375 g/mol. The minimum absolute atomic E-state index is 0. The lowest BCUT2D eigenvalue weighted by molar-refractivity contribution is -0.117. The Morgan fingerprint density at radius 2 is 2.24 bits per heavy atom. The number of nitrogens with one attached hydrogen (secondary N) is 2. The molecule has 1 fully saturated rings. The van der Waals surface area contributed by atoms with Crippen LogP contribution in [0.5, 0.6) is 0 Å². The molecule has 1 heterocycles. The summed E-state index contributed by atoms with van der Waals surface area (Å²) in [4.78, 5) is 14.3. The molecule has 0 radical (unpaired) electrons. The van der Waals surface area contributed by atoms with Gasteiger partial charge in [-0.05, 0) is 67.0 Å². The van der Waals surface area contributed by atoms with Crippen molar-refractivity contribution in [2.45, 2.75) is 25.8 Å². The van der Waals surface area contributed by atoms with Crippen molar-refractivity contribution in [1.82, 2.24) is 10.2 Å². The fourth-order valence-electron chi connectivity index (χ4n) is 2.55. The van der Waals surface area contributed by atoms with Crippen molar-refractivity contribution < 1.29 is 4.79 Å². The maximum atomic E-state index is 12.1. The molecule has 0 aliphatic carbocycles. The summed E-state index contributed by atoms with van der Waals surface area (Å²) in [6, 6.07) is 6.44. The van der Waals surface area contributed by atoms with E-state index in [9.17, 15) is 4.79 Å². The van der Waals surface area contributed by atoms with Gasteiger partial charge in [-0.15, -0.1) is 12.4 Å². The van der Waals surface area contributed by atoms with E-state index < -0.39 is 0 Å². The molecule has 2 N–H and O–H groups in total. The third-order valence-corrected chi connectivity index (χ3v) is 4.34. The van der Waals surface area contributed by atoms with E-state index in [1.807, 2.05) is 32.2 Å². The Kier molecular flexibility index (Phi) is 7.66. The average Bonchev–Trinajstić information content (AvgIpc) is 2.42. The number of carbonyl (C=O) groups excluding carboxylic acids is 1. The second-order valence-electron chi connectivity index (χ2n) is 5.39. The number of aryl methyl sites for hydroxylation is 1. The predicted molar refractivity (Wildman–Crippen MR) is 93.3 cm³/mol. The highest BCUT2D eigenvalue weighted by Crippen LogP contribution is 2.23. The van der Waals surface area contributed by atoms with Crippen LogP contribution >= 0.6 is 28.3 Å². The lowest BCUT2D eigenvalue weighted by Gasteiger charge is -2.31. The summed E-state index contributed by atoms with van der Waals surface area (Å²) in [5.74, 6) is 0.0475. The molecule has 1 amide bonds. The van der Waals surface area contributed by atoms with Crippen LogP contribution in [0, 0.1) is 6.92 Å². The Labute approximate surface area is 141 Å². The minimum atomic E-state index is 0. The van der Waals surface area contributed by atoms with Crippen LogP contribution < -0.4 is 10.6 Å². The quantitative estimate of drug-likeness (QED) is 0.849. The molecule has 0 aromatic heterocycles. The van der Waals surface area contributed by atoms with Gasteiger partial charge < -0.3 is 10.6 Å². The Hall–Kier alpha value is -0.620. The van der Waals surface area contributed by atoms with Crippen LogP contribution in [-0.2, 0) is 4.79 Å². The molecule has 1 unspecified atom stereocenters. The summed E-state index contributed by atoms with van der Waals surface area (Å²) in [5.41, 5.74) is 2.01. The number of carbonyl (C=O) groups is 1. The summed E-state index contributed by atoms with van der Waals surface area (Å²) in [7, 11) is 1.98. The molecule has 0 spiro atoms. The number of nitrogens with zero attached hydrogens (tertiary/aromatic N) is 1. The smallest absolute Gasteiger partial charge is 0.238 e.